The Morgan fingerprint density at radius 2 is 1.91 bits per heavy atom. The summed E-state index contributed by atoms with van der Waals surface area (Å²) in [5.41, 5.74) is 2.48. The summed E-state index contributed by atoms with van der Waals surface area (Å²) in [6.45, 7) is 7.10. The molecule has 43 heavy (non-hydrogen) atoms. The van der Waals surface area contributed by atoms with E-state index in [0.717, 1.165) is 10.9 Å². The van der Waals surface area contributed by atoms with E-state index in [9.17, 15) is 14.9 Å². The molecule has 0 radical (unpaired) electrons. The number of hydrogen-bond acceptors (Lipinski definition) is 11. The van der Waals surface area contributed by atoms with Crippen LogP contribution in [0.5, 0.6) is 5.75 Å². The van der Waals surface area contributed by atoms with Gasteiger partial charge in [-0.1, -0.05) is 18.2 Å². The van der Waals surface area contributed by atoms with Crippen molar-refractivity contribution in [3.05, 3.63) is 64.5 Å². The van der Waals surface area contributed by atoms with Gasteiger partial charge in [-0.3, -0.25) is 10.1 Å². The molecule has 13 heteroatoms. The first-order valence-corrected chi connectivity index (χ1v) is 13.8. The summed E-state index contributed by atoms with van der Waals surface area (Å²) in [6.07, 6.45) is 2.78. The molecule has 228 valence electrons. The maximum atomic E-state index is 13.1. The number of methoxy groups -OCH3 is 1. The fraction of sp³-hybridized carbons (Fsp3) is 0.367. The molecule has 0 aliphatic rings. The minimum atomic E-state index is -0.580. The SMILES string of the molecule is CCOn1cc(-c2nc(Nc3cc([N+](=O)[O-])c(N(C)CCN(C)C)cc3OC)ncc2C(=O)OC(C)C)c2ccccc21. The van der Waals surface area contributed by atoms with Crippen LogP contribution in [0.25, 0.3) is 22.2 Å². The monoisotopic (exact) mass is 591 g/mol. The van der Waals surface area contributed by atoms with Crippen LogP contribution >= 0.6 is 0 Å². The van der Waals surface area contributed by atoms with Crippen LogP contribution in [0.3, 0.4) is 0 Å². The lowest BCUT2D eigenvalue weighted by Crippen LogP contribution is -2.29. The normalized spacial score (nSPS) is 11.2. The molecule has 0 atom stereocenters. The zero-order chi connectivity index (χ0) is 31.3. The van der Waals surface area contributed by atoms with Gasteiger partial charge in [0.2, 0.25) is 5.95 Å². The maximum absolute atomic E-state index is 13.1. The lowest BCUT2D eigenvalue weighted by molar-refractivity contribution is -0.384. The molecule has 2 aromatic heterocycles. The summed E-state index contributed by atoms with van der Waals surface area (Å²) in [5, 5.41) is 16.0. The van der Waals surface area contributed by atoms with E-state index >= 15 is 0 Å². The van der Waals surface area contributed by atoms with E-state index in [1.807, 2.05) is 55.1 Å². The molecular weight excluding hydrogens is 554 g/mol. The summed E-state index contributed by atoms with van der Waals surface area (Å²) >= 11 is 0. The van der Waals surface area contributed by atoms with Crippen molar-refractivity contribution >= 4 is 39.9 Å². The summed E-state index contributed by atoms with van der Waals surface area (Å²) in [5.74, 6) is -0.118. The largest absolute Gasteiger partial charge is 0.494 e. The van der Waals surface area contributed by atoms with E-state index in [1.165, 1.54) is 19.4 Å². The highest BCUT2D eigenvalue weighted by Gasteiger charge is 2.25. The van der Waals surface area contributed by atoms with Crippen molar-refractivity contribution in [2.75, 3.05) is 58.2 Å². The highest BCUT2D eigenvalue weighted by atomic mass is 16.7. The highest BCUT2D eigenvalue weighted by Crippen LogP contribution is 2.39. The average molecular weight is 592 g/mol. The molecule has 0 saturated carbocycles. The number of nitrogens with zero attached hydrogens (tertiary/aromatic N) is 6. The van der Waals surface area contributed by atoms with Gasteiger partial charge in [-0.2, -0.15) is 4.73 Å². The molecule has 0 fully saturated rings. The molecule has 0 aliphatic carbocycles. The Labute approximate surface area is 250 Å². The van der Waals surface area contributed by atoms with Crippen molar-refractivity contribution < 1.29 is 24.0 Å². The minimum Gasteiger partial charge on any atom is -0.494 e. The van der Waals surface area contributed by atoms with Gasteiger partial charge in [-0.15, -0.1) is 0 Å². The third kappa shape index (κ3) is 6.95. The Balaban J connectivity index is 1.83. The summed E-state index contributed by atoms with van der Waals surface area (Å²) in [7, 11) is 7.15. The number of carbonyl (C=O) groups excluding carboxylic acids is 1. The van der Waals surface area contributed by atoms with Crippen LogP contribution in [0.1, 0.15) is 31.1 Å². The van der Waals surface area contributed by atoms with E-state index in [2.05, 4.69) is 10.3 Å². The smallest absolute Gasteiger partial charge is 0.342 e. The molecule has 13 nitrogen and oxygen atoms in total. The van der Waals surface area contributed by atoms with Crippen LogP contribution in [-0.4, -0.2) is 84.5 Å². The number of nitrogens with one attached hydrogen (secondary N) is 1. The number of hydrogen-bond donors (Lipinski definition) is 1. The van der Waals surface area contributed by atoms with Crippen molar-refractivity contribution in [1.29, 1.82) is 0 Å². The maximum Gasteiger partial charge on any atom is 0.342 e. The lowest BCUT2D eigenvalue weighted by atomic mass is 10.1. The third-order valence-electron chi connectivity index (χ3n) is 6.59. The van der Waals surface area contributed by atoms with Gasteiger partial charge in [-0.25, -0.2) is 14.8 Å². The number of nitro benzene ring substituents is 1. The zero-order valence-electron chi connectivity index (χ0n) is 25.5. The standard InChI is InChI=1S/C30H37N7O6/c1-8-42-36-18-22(20-11-9-10-12-24(20)36)28-21(29(38)43-19(2)3)17-31-30(33-28)32-23-15-26(37(39)40)25(16-27(23)41-7)35(6)14-13-34(4)5/h9-12,15-19H,8,13-14H2,1-7H3,(H,31,32,33). The van der Waals surface area contributed by atoms with Crippen LogP contribution in [-0.2, 0) is 4.74 Å². The first-order chi connectivity index (χ1) is 20.5. The van der Waals surface area contributed by atoms with Crippen molar-refractivity contribution in [3.63, 3.8) is 0 Å². The number of anilines is 3. The number of rotatable bonds is 13. The fourth-order valence-electron chi connectivity index (χ4n) is 4.53. The van der Waals surface area contributed by atoms with E-state index < -0.39 is 10.9 Å². The van der Waals surface area contributed by atoms with E-state index in [4.69, 9.17) is 19.3 Å². The summed E-state index contributed by atoms with van der Waals surface area (Å²) in [6, 6.07) is 10.6. The van der Waals surface area contributed by atoms with Crippen LogP contribution in [0.4, 0.5) is 23.0 Å². The molecule has 0 saturated heterocycles. The second kappa shape index (κ2) is 13.4. The molecular formula is C30H37N7O6. The quantitative estimate of drug-likeness (QED) is 0.131. The molecule has 2 heterocycles. The van der Waals surface area contributed by atoms with Crippen molar-refractivity contribution in [1.82, 2.24) is 19.6 Å². The first kappa shape index (κ1) is 31.0. The first-order valence-electron chi connectivity index (χ1n) is 13.8. The van der Waals surface area contributed by atoms with Crippen molar-refractivity contribution in [2.24, 2.45) is 0 Å². The minimum absolute atomic E-state index is 0.102. The Hall–Kier alpha value is -4.91. The Morgan fingerprint density at radius 1 is 1.16 bits per heavy atom. The van der Waals surface area contributed by atoms with Crippen LogP contribution in [0, 0.1) is 10.1 Å². The number of carbonyl (C=O) groups is 1. The van der Waals surface area contributed by atoms with Gasteiger partial charge in [0.15, 0.2) is 0 Å². The molecule has 0 bridgehead atoms. The number of esters is 1. The van der Waals surface area contributed by atoms with Gasteiger partial charge in [0.05, 0.1) is 41.2 Å². The molecule has 2 aromatic carbocycles. The number of ether oxygens (including phenoxy) is 2. The fourth-order valence-corrected chi connectivity index (χ4v) is 4.53. The molecule has 0 amide bonds. The van der Waals surface area contributed by atoms with E-state index in [0.29, 0.717) is 48.1 Å². The third-order valence-corrected chi connectivity index (χ3v) is 6.59. The second-order valence-corrected chi connectivity index (χ2v) is 10.4. The number of benzene rings is 2. The number of aromatic nitrogens is 3. The van der Waals surface area contributed by atoms with Gasteiger partial charge in [0.25, 0.3) is 5.69 Å². The van der Waals surface area contributed by atoms with Crippen LogP contribution in [0.2, 0.25) is 0 Å². The predicted molar refractivity (Wildman–Crippen MR) is 165 cm³/mol. The summed E-state index contributed by atoms with van der Waals surface area (Å²) in [4.78, 5) is 43.5. The number of fused-ring (bicyclic) bond motifs is 1. The lowest BCUT2D eigenvalue weighted by Gasteiger charge is -2.22. The topological polar surface area (TPSA) is 137 Å². The van der Waals surface area contributed by atoms with Gasteiger partial charge < -0.3 is 29.4 Å². The molecule has 4 aromatic rings. The number of likely N-dealkylation sites (N-methyl/N-ethyl adjacent to an activating group) is 2. The average Bonchev–Trinajstić information content (AvgIpc) is 3.33. The molecule has 1 N–H and O–H groups in total. The van der Waals surface area contributed by atoms with Crippen LogP contribution < -0.4 is 19.8 Å². The second-order valence-electron chi connectivity index (χ2n) is 10.4. The van der Waals surface area contributed by atoms with Crippen molar-refractivity contribution in [3.8, 4) is 17.0 Å². The highest BCUT2D eigenvalue weighted by molar-refractivity contribution is 6.03. The van der Waals surface area contributed by atoms with E-state index in [1.54, 1.807) is 37.9 Å². The van der Waals surface area contributed by atoms with Gasteiger partial charge in [-0.05, 0) is 40.9 Å². The molecule has 4 rings (SSSR count). The summed E-state index contributed by atoms with van der Waals surface area (Å²) < 4.78 is 12.7. The van der Waals surface area contributed by atoms with Gasteiger partial charge >= 0.3 is 5.97 Å². The van der Waals surface area contributed by atoms with Gasteiger partial charge in [0, 0.05) is 49.4 Å². The van der Waals surface area contributed by atoms with E-state index in [-0.39, 0.29) is 23.3 Å². The van der Waals surface area contributed by atoms with Gasteiger partial charge in [0.1, 0.15) is 23.6 Å². The number of nitro groups is 1. The molecule has 0 spiro atoms. The molecule has 0 aliphatic heterocycles. The number of para-hydroxylation sites is 1. The van der Waals surface area contributed by atoms with Crippen molar-refractivity contribution in [2.45, 2.75) is 26.9 Å². The predicted octanol–water partition coefficient (Wildman–Crippen LogP) is 4.77. The molecule has 0 unspecified atom stereocenters. The Bertz CT molecular complexity index is 1620. The van der Waals surface area contributed by atoms with Crippen LogP contribution in [0.15, 0.2) is 48.8 Å². The Morgan fingerprint density at radius 3 is 2.56 bits per heavy atom. The Kier molecular flexibility index (Phi) is 9.66. The zero-order valence-corrected chi connectivity index (χ0v) is 25.5.